The van der Waals surface area contributed by atoms with Gasteiger partial charge in [0.2, 0.25) is 0 Å². The first kappa shape index (κ1) is 12.7. The Hall–Kier alpha value is -0.750. The second kappa shape index (κ2) is 5.27. The molecule has 6 heteroatoms. The monoisotopic (exact) mass is 273 g/mol. The van der Waals surface area contributed by atoms with E-state index in [0.29, 0.717) is 18.6 Å². The third-order valence-corrected chi connectivity index (χ3v) is 6.32. The molecular formula is C11H15NO3S2. The number of rotatable bonds is 4. The van der Waals surface area contributed by atoms with Gasteiger partial charge < -0.3 is 4.79 Å². The SMILES string of the molecule is O=CCc1cnc(CC2CCCCS2(=O)=O)s1. The van der Waals surface area contributed by atoms with Crippen LogP contribution in [0.5, 0.6) is 0 Å². The van der Waals surface area contributed by atoms with Crippen molar-refractivity contribution in [1.29, 1.82) is 0 Å². The summed E-state index contributed by atoms with van der Waals surface area (Å²) in [7, 11) is -2.93. The second-order valence-electron chi connectivity index (χ2n) is 4.28. The van der Waals surface area contributed by atoms with Crippen molar-refractivity contribution in [1.82, 2.24) is 4.98 Å². The number of hydrogen-bond donors (Lipinski definition) is 0. The van der Waals surface area contributed by atoms with E-state index in [1.165, 1.54) is 11.3 Å². The lowest BCUT2D eigenvalue weighted by atomic mass is 10.1. The average Bonchev–Trinajstić information content (AvgIpc) is 2.70. The molecule has 1 aliphatic rings. The molecule has 4 nitrogen and oxygen atoms in total. The van der Waals surface area contributed by atoms with Gasteiger partial charge in [0.15, 0.2) is 9.84 Å². The maximum absolute atomic E-state index is 11.8. The van der Waals surface area contributed by atoms with Crippen molar-refractivity contribution >= 4 is 27.5 Å². The largest absolute Gasteiger partial charge is 0.303 e. The summed E-state index contributed by atoms with van der Waals surface area (Å²) in [5.41, 5.74) is 0. The highest BCUT2D eigenvalue weighted by atomic mass is 32.2. The van der Waals surface area contributed by atoms with Gasteiger partial charge in [-0.25, -0.2) is 13.4 Å². The lowest BCUT2D eigenvalue weighted by Gasteiger charge is -2.21. The third kappa shape index (κ3) is 3.13. The second-order valence-corrected chi connectivity index (χ2v) is 7.88. The Balaban J connectivity index is 2.06. The standard InChI is InChI=1S/C11H15NO3S2/c13-5-4-9-8-12-11(16-9)7-10-3-1-2-6-17(10,14)15/h5,8,10H,1-4,6-7H2. The summed E-state index contributed by atoms with van der Waals surface area (Å²) in [5.74, 6) is 0.310. The van der Waals surface area contributed by atoms with Crippen molar-refractivity contribution in [3.63, 3.8) is 0 Å². The van der Waals surface area contributed by atoms with Gasteiger partial charge in [0.05, 0.1) is 16.0 Å². The van der Waals surface area contributed by atoms with Crippen LogP contribution in [-0.2, 0) is 27.5 Å². The van der Waals surface area contributed by atoms with E-state index in [0.717, 1.165) is 35.4 Å². The molecule has 0 radical (unpaired) electrons. The highest BCUT2D eigenvalue weighted by molar-refractivity contribution is 7.92. The Morgan fingerprint density at radius 1 is 1.47 bits per heavy atom. The fraction of sp³-hybridized carbons (Fsp3) is 0.636. The van der Waals surface area contributed by atoms with Crippen molar-refractivity contribution in [3.8, 4) is 0 Å². The summed E-state index contributed by atoms with van der Waals surface area (Å²) in [6.45, 7) is 0. The zero-order chi connectivity index (χ0) is 12.3. The van der Waals surface area contributed by atoms with Crippen LogP contribution in [0.3, 0.4) is 0 Å². The summed E-state index contributed by atoms with van der Waals surface area (Å²) in [6.07, 6.45) is 5.90. The minimum absolute atomic E-state index is 0.272. The van der Waals surface area contributed by atoms with E-state index in [1.54, 1.807) is 6.20 Å². The zero-order valence-electron chi connectivity index (χ0n) is 9.46. The fourth-order valence-electron chi connectivity index (χ4n) is 2.06. The number of aromatic nitrogens is 1. The van der Waals surface area contributed by atoms with Crippen molar-refractivity contribution in [2.24, 2.45) is 0 Å². The summed E-state index contributed by atoms with van der Waals surface area (Å²) >= 11 is 1.45. The number of carbonyl (C=O) groups excluding carboxylic acids is 1. The molecule has 94 valence electrons. The predicted molar refractivity (Wildman–Crippen MR) is 67.0 cm³/mol. The van der Waals surface area contributed by atoms with Crippen LogP contribution in [0.4, 0.5) is 0 Å². The van der Waals surface area contributed by atoms with Gasteiger partial charge in [0, 0.05) is 23.9 Å². The molecule has 0 amide bonds. The van der Waals surface area contributed by atoms with Gasteiger partial charge in [-0.05, 0) is 12.8 Å². The van der Waals surface area contributed by atoms with E-state index < -0.39 is 9.84 Å². The molecule has 0 spiro atoms. The first-order valence-electron chi connectivity index (χ1n) is 5.70. The number of thiazole rings is 1. The highest BCUT2D eigenvalue weighted by Gasteiger charge is 2.29. The van der Waals surface area contributed by atoms with Crippen LogP contribution in [-0.4, -0.2) is 30.7 Å². The Bertz CT molecular complexity index is 493. The van der Waals surface area contributed by atoms with Gasteiger partial charge in [0.25, 0.3) is 0 Å². The molecule has 17 heavy (non-hydrogen) atoms. The molecular weight excluding hydrogens is 258 g/mol. The molecule has 0 aliphatic carbocycles. The average molecular weight is 273 g/mol. The molecule has 0 N–H and O–H groups in total. The van der Waals surface area contributed by atoms with Crippen LogP contribution in [0.15, 0.2) is 6.20 Å². The lowest BCUT2D eigenvalue weighted by molar-refractivity contribution is -0.107. The van der Waals surface area contributed by atoms with E-state index in [1.807, 2.05) is 0 Å². The molecule has 1 atom stereocenters. The van der Waals surface area contributed by atoms with Gasteiger partial charge in [-0.1, -0.05) is 6.42 Å². The number of nitrogens with zero attached hydrogens (tertiary/aromatic N) is 1. The Kier molecular flexibility index (Phi) is 3.93. The minimum atomic E-state index is -2.93. The van der Waals surface area contributed by atoms with Gasteiger partial charge in [-0.3, -0.25) is 0 Å². The number of aldehydes is 1. The van der Waals surface area contributed by atoms with E-state index in [4.69, 9.17) is 0 Å². The van der Waals surface area contributed by atoms with Crippen LogP contribution in [0.2, 0.25) is 0 Å². The maximum atomic E-state index is 11.8. The lowest BCUT2D eigenvalue weighted by Crippen LogP contribution is -2.30. The fourth-order valence-corrected chi connectivity index (χ4v) is 5.00. The van der Waals surface area contributed by atoms with Crippen LogP contribution >= 0.6 is 11.3 Å². The predicted octanol–water partition coefficient (Wildman–Crippen LogP) is 1.39. The van der Waals surface area contributed by atoms with E-state index in [9.17, 15) is 13.2 Å². The van der Waals surface area contributed by atoms with E-state index in [-0.39, 0.29) is 5.25 Å². The smallest absolute Gasteiger partial charge is 0.153 e. The first-order chi connectivity index (χ1) is 8.12. The van der Waals surface area contributed by atoms with Crippen molar-refractivity contribution in [2.45, 2.75) is 37.4 Å². The van der Waals surface area contributed by atoms with Crippen molar-refractivity contribution in [3.05, 3.63) is 16.1 Å². The van der Waals surface area contributed by atoms with E-state index in [2.05, 4.69) is 4.98 Å². The highest BCUT2D eigenvalue weighted by Crippen LogP contribution is 2.24. The van der Waals surface area contributed by atoms with Crippen molar-refractivity contribution < 1.29 is 13.2 Å². The van der Waals surface area contributed by atoms with Gasteiger partial charge >= 0.3 is 0 Å². The van der Waals surface area contributed by atoms with Crippen LogP contribution in [0.1, 0.15) is 29.1 Å². The Morgan fingerprint density at radius 2 is 2.29 bits per heavy atom. The molecule has 0 saturated carbocycles. The van der Waals surface area contributed by atoms with Gasteiger partial charge in [-0.2, -0.15) is 0 Å². The van der Waals surface area contributed by atoms with Crippen LogP contribution in [0.25, 0.3) is 0 Å². The molecule has 2 rings (SSSR count). The van der Waals surface area contributed by atoms with Gasteiger partial charge in [-0.15, -0.1) is 11.3 Å². The molecule has 1 saturated heterocycles. The quantitative estimate of drug-likeness (QED) is 0.778. The number of carbonyl (C=O) groups is 1. The summed E-state index contributed by atoms with van der Waals surface area (Å²) in [5, 5.41) is 0.559. The molecule has 1 aliphatic heterocycles. The molecule has 1 aromatic rings. The summed E-state index contributed by atoms with van der Waals surface area (Å²) in [6, 6.07) is 0. The Morgan fingerprint density at radius 3 is 3.00 bits per heavy atom. The summed E-state index contributed by atoms with van der Waals surface area (Å²) < 4.78 is 23.7. The number of sulfone groups is 1. The molecule has 0 bridgehead atoms. The molecule has 1 unspecified atom stereocenters. The van der Waals surface area contributed by atoms with Crippen molar-refractivity contribution in [2.75, 3.05) is 5.75 Å². The number of hydrogen-bond acceptors (Lipinski definition) is 5. The zero-order valence-corrected chi connectivity index (χ0v) is 11.1. The molecule has 0 aromatic carbocycles. The molecule has 1 fully saturated rings. The topological polar surface area (TPSA) is 64.1 Å². The maximum Gasteiger partial charge on any atom is 0.153 e. The normalized spacial score (nSPS) is 23.4. The minimum Gasteiger partial charge on any atom is -0.303 e. The molecule has 2 heterocycles. The first-order valence-corrected chi connectivity index (χ1v) is 8.24. The Labute approximate surface area is 105 Å². The van der Waals surface area contributed by atoms with Crippen LogP contribution < -0.4 is 0 Å². The van der Waals surface area contributed by atoms with E-state index >= 15 is 0 Å². The van der Waals surface area contributed by atoms with Crippen LogP contribution in [0, 0.1) is 0 Å². The molecule has 1 aromatic heterocycles. The van der Waals surface area contributed by atoms with Gasteiger partial charge in [0.1, 0.15) is 6.29 Å². The third-order valence-electron chi connectivity index (χ3n) is 3.00. The summed E-state index contributed by atoms with van der Waals surface area (Å²) in [4.78, 5) is 15.5.